The molecule has 0 bridgehead atoms. The largest absolute Gasteiger partial charge is 0.459 e. The van der Waals surface area contributed by atoms with Gasteiger partial charge in [-0.2, -0.15) is 0 Å². The molecule has 4 rings (SSSR count). The molecule has 2 aliphatic rings. The number of rotatable bonds is 15. The van der Waals surface area contributed by atoms with Crippen LogP contribution < -0.4 is 0 Å². The van der Waals surface area contributed by atoms with Gasteiger partial charge in [0.25, 0.3) is 0 Å². The number of aryl methyl sites for hydroxylation is 2. The molecule has 13 atom stereocenters. The molecule has 1 unspecified atom stereocenters. The summed E-state index contributed by atoms with van der Waals surface area (Å²) in [7, 11) is 6.76. The van der Waals surface area contributed by atoms with E-state index in [1.165, 1.54) is 21.1 Å². The van der Waals surface area contributed by atoms with Gasteiger partial charge < -0.3 is 43.2 Å². The number of esters is 1. The first-order valence-electron chi connectivity index (χ1n) is 22.0. The molecular weight excluding hydrogens is 783 g/mol. The van der Waals surface area contributed by atoms with Gasteiger partial charge in [-0.1, -0.05) is 34.6 Å². The zero-order valence-electron chi connectivity index (χ0n) is 38.8. The number of aromatic nitrogens is 3. The minimum Gasteiger partial charge on any atom is -0.459 e. The van der Waals surface area contributed by atoms with Crippen LogP contribution in [0.25, 0.3) is 11.3 Å². The van der Waals surface area contributed by atoms with Crippen LogP contribution in [0.3, 0.4) is 0 Å². The summed E-state index contributed by atoms with van der Waals surface area (Å²) in [6.45, 7) is 17.1. The predicted molar refractivity (Wildman–Crippen MR) is 230 cm³/mol. The van der Waals surface area contributed by atoms with E-state index in [2.05, 4.69) is 9.97 Å². The fraction of sp³-hybridized carbons (Fsp3) is 0.739. The fourth-order valence-corrected chi connectivity index (χ4v) is 9.76. The van der Waals surface area contributed by atoms with E-state index in [9.17, 15) is 24.3 Å². The first-order valence-corrected chi connectivity index (χ1v) is 22.0. The molecule has 2 aliphatic heterocycles. The van der Waals surface area contributed by atoms with Crippen molar-refractivity contribution >= 4 is 23.9 Å². The zero-order chi connectivity index (χ0) is 45.4. The molecule has 0 aromatic carbocycles. The Balaban J connectivity index is 1.70. The Morgan fingerprint density at radius 1 is 1.00 bits per heavy atom. The summed E-state index contributed by atoms with van der Waals surface area (Å²) < 4.78 is 33.7. The number of aliphatic hydroxyl groups is 1. The summed E-state index contributed by atoms with van der Waals surface area (Å²) in [6.07, 6.45) is 4.45. The van der Waals surface area contributed by atoms with Crippen LogP contribution in [0, 0.1) is 30.6 Å². The maximum Gasteiger partial charge on any atom is 0.316 e. The molecule has 4 heterocycles. The van der Waals surface area contributed by atoms with E-state index in [0.29, 0.717) is 45.2 Å². The van der Waals surface area contributed by atoms with Crippen molar-refractivity contribution in [2.75, 3.05) is 34.9 Å². The lowest BCUT2D eigenvalue weighted by Crippen LogP contribution is -2.65. The maximum absolute atomic E-state index is 14.9. The summed E-state index contributed by atoms with van der Waals surface area (Å²) in [6, 6.07) is 2.79. The van der Waals surface area contributed by atoms with E-state index in [1.807, 2.05) is 76.5 Å². The van der Waals surface area contributed by atoms with Crippen molar-refractivity contribution in [1.82, 2.24) is 24.3 Å². The number of likely N-dealkylation sites (N-methyl/N-ethyl adjacent to an activating group) is 1. The van der Waals surface area contributed by atoms with Crippen LogP contribution in [0.5, 0.6) is 0 Å². The first-order chi connectivity index (χ1) is 28.8. The molecular formula is C46H73N5O10. The molecule has 0 saturated carbocycles. The third-order valence-electron chi connectivity index (χ3n) is 13.5. The molecule has 2 aromatic heterocycles. The number of hydrogen-bond donors (Lipinski definition) is 1. The van der Waals surface area contributed by atoms with Gasteiger partial charge in [-0.25, -0.2) is 4.98 Å². The van der Waals surface area contributed by atoms with Gasteiger partial charge in [-0.15, -0.1) is 0 Å². The highest BCUT2D eigenvalue weighted by Crippen LogP contribution is 2.41. The van der Waals surface area contributed by atoms with Crippen molar-refractivity contribution in [3.63, 3.8) is 0 Å². The molecule has 1 amide bonds. The Bertz CT molecular complexity index is 1750. The van der Waals surface area contributed by atoms with Crippen LogP contribution in [0.4, 0.5) is 0 Å². The van der Waals surface area contributed by atoms with Crippen LogP contribution in [-0.4, -0.2) is 142 Å². The van der Waals surface area contributed by atoms with E-state index < -0.39 is 77.3 Å². The van der Waals surface area contributed by atoms with Gasteiger partial charge in [-0.05, 0) is 92.4 Å². The van der Waals surface area contributed by atoms with Crippen LogP contribution in [0.15, 0.2) is 30.9 Å². The smallest absolute Gasteiger partial charge is 0.316 e. The van der Waals surface area contributed by atoms with Gasteiger partial charge in [0.1, 0.15) is 29.5 Å². The van der Waals surface area contributed by atoms with Crippen LogP contribution >= 0.6 is 0 Å². The number of amides is 1. The Kier molecular flexibility index (Phi) is 17.8. The highest BCUT2D eigenvalue weighted by atomic mass is 16.7. The number of carbonyl (C=O) groups excluding carboxylic acids is 4. The van der Waals surface area contributed by atoms with Gasteiger partial charge in [0.05, 0.1) is 35.9 Å². The second kappa shape index (κ2) is 21.7. The van der Waals surface area contributed by atoms with Crippen molar-refractivity contribution in [3.8, 4) is 11.3 Å². The molecule has 15 heteroatoms. The number of carbonyl (C=O) groups is 4. The van der Waals surface area contributed by atoms with Crippen LogP contribution in [0.2, 0.25) is 0 Å². The number of imidazole rings is 1. The monoisotopic (exact) mass is 856 g/mol. The number of Topliss-reactive ketones (excluding diaryl/α,β-unsaturated/α-hetero) is 2. The highest BCUT2D eigenvalue weighted by Gasteiger charge is 2.55. The second-order valence-corrected chi connectivity index (χ2v) is 17.9. The number of aliphatic hydroxyl groups excluding tert-OH is 1. The number of methoxy groups -OCH3 is 2. The van der Waals surface area contributed by atoms with E-state index in [-0.39, 0.29) is 24.3 Å². The van der Waals surface area contributed by atoms with Gasteiger partial charge in [-0.3, -0.25) is 24.2 Å². The summed E-state index contributed by atoms with van der Waals surface area (Å²) >= 11 is 0. The fourth-order valence-electron chi connectivity index (χ4n) is 9.76. The van der Waals surface area contributed by atoms with E-state index in [1.54, 1.807) is 38.2 Å². The Labute approximate surface area is 363 Å². The Morgan fingerprint density at radius 2 is 1.70 bits per heavy atom. The molecule has 1 N–H and O–H groups in total. The molecule has 0 aliphatic carbocycles. The van der Waals surface area contributed by atoms with E-state index in [0.717, 1.165) is 23.4 Å². The molecule has 2 aromatic rings. The summed E-state index contributed by atoms with van der Waals surface area (Å²) in [5.41, 5.74) is 0.0662. The number of ether oxygens (including phenoxy) is 5. The van der Waals surface area contributed by atoms with Crippen molar-refractivity contribution in [2.45, 2.75) is 161 Å². The molecule has 2 fully saturated rings. The second-order valence-electron chi connectivity index (χ2n) is 17.9. The normalized spacial score (nSPS) is 34.5. The topological polar surface area (TPSA) is 172 Å². The average Bonchev–Trinajstić information content (AvgIpc) is 3.72. The maximum atomic E-state index is 14.9. The lowest BCUT2D eigenvalue weighted by molar-refractivity contribution is -0.295. The Hall–Kier alpha value is -3.60. The third kappa shape index (κ3) is 11.1. The molecule has 15 nitrogen and oxygen atoms in total. The van der Waals surface area contributed by atoms with Gasteiger partial charge in [0.15, 0.2) is 12.1 Å². The minimum absolute atomic E-state index is 0.117. The van der Waals surface area contributed by atoms with Gasteiger partial charge in [0.2, 0.25) is 6.41 Å². The molecule has 0 spiro atoms. The van der Waals surface area contributed by atoms with Crippen LogP contribution in [-0.2, 0) is 49.4 Å². The minimum atomic E-state index is -1.32. The lowest BCUT2D eigenvalue weighted by Gasteiger charge is -2.50. The molecule has 342 valence electrons. The van der Waals surface area contributed by atoms with Crippen molar-refractivity contribution < 1.29 is 48.0 Å². The van der Waals surface area contributed by atoms with Gasteiger partial charge in [0, 0.05) is 74.8 Å². The van der Waals surface area contributed by atoms with Crippen molar-refractivity contribution in [3.05, 3.63) is 36.5 Å². The number of ketones is 2. The highest BCUT2D eigenvalue weighted by molar-refractivity contribution is 6.00. The van der Waals surface area contributed by atoms with Crippen molar-refractivity contribution in [2.24, 2.45) is 23.7 Å². The van der Waals surface area contributed by atoms with E-state index in [4.69, 9.17) is 23.7 Å². The summed E-state index contributed by atoms with van der Waals surface area (Å²) in [4.78, 5) is 69.3. The number of nitrogens with zero attached hydrogens (tertiary/aromatic N) is 5. The lowest BCUT2D eigenvalue weighted by atomic mass is 9.71. The SMILES string of the molecule is CC[C@H]1OC(=O)[C@H](C)C(=O)[C@H](C)[C@@H](OC2O[C@H](C)C[C@H](N(C)C)[C@H]2O)[C@@](C)(OC)C[C@@H](C)C(=O)[C@H](C)[C@@H](N(C=O)CCCCn2cnc(-c3ccc(C)nc3)c2)[C@]1(CC)OC. The predicted octanol–water partition coefficient (Wildman–Crippen LogP) is 5.28. The van der Waals surface area contributed by atoms with Crippen LogP contribution in [0.1, 0.15) is 99.6 Å². The number of pyridine rings is 1. The first kappa shape index (κ1) is 50.0. The standard InChI is InChI=1S/C46H73N5O10/c1-14-37-46(15-2,58-13)41(51(27-52)21-17-16-20-50-25-35(48-26-50)34-19-18-29(4)47-24-34)31(6)38(53)28(3)23-45(9,57-12)42(32(7)39(54)33(8)43(56)60-37)61-44-40(55)36(49(10)11)22-30(5)59-44/h18-19,24-28,30-33,36-37,40-42,44,55H,14-17,20-23H2,1-13H3/t28-,30-,31+,32+,33-,36+,37-,40-,41-,42-,44?,45+,46-/m1/s1. The zero-order valence-corrected chi connectivity index (χ0v) is 38.8. The van der Waals surface area contributed by atoms with Crippen molar-refractivity contribution in [1.29, 1.82) is 0 Å². The number of cyclic esters (lactones) is 1. The van der Waals surface area contributed by atoms with E-state index >= 15 is 0 Å². The third-order valence-corrected chi connectivity index (χ3v) is 13.5. The Morgan fingerprint density at radius 3 is 2.28 bits per heavy atom. The number of hydrogen-bond acceptors (Lipinski definition) is 13. The summed E-state index contributed by atoms with van der Waals surface area (Å²) in [5, 5.41) is 11.5. The average molecular weight is 856 g/mol. The molecule has 2 saturated heterocycles. The molecule has 0 radical (unpaired) electrons. The quantitative estimate of drug-likeness (QED) is 0.106. The van der Waals surface area contributed by atoms with Gasteiger partial charge >= 0.3 is 5.97 Å². The number of unbranched alkanes of at least 4 members (excludes halogenated alkanes) is 1. The molecule has 61 heavy (non-hydrogen) atoms. The summed E-state index contributed by atoms with van der Waals surface area (Å²) in [5.74, 6) is -5.00.